The zero-order valence-electron chi connectivity index (χ0n) is 7.61. The number of ketones is 1. The predicted octanol–water partition coefficient (Wildman–Crippen LogP) is 1.38. The van der Waals surface area contributed by atoms with Gasteiger partial charge in [-0.05, 0) is 18.3 Å². The smallest absolute Gasteiger partial charge is 0.388 e. The van der Waals surface area contributed by atoms with Gasteiger partial charge in [-0.25, -0.2) is 4.98 Å². The lowest BCUT2D eigenvalue weighted by molar-refractivity contribution is -0.0529. The Morgan fingerprint density at radius 3 is 2.93 bits per heavy atom. The van der Waals surface area contributed by atoms with Gasteiger partial charge in [0.15, 0.2) is 5.78 Å². The highest BCUT2D eigenvalue weighted by Crippen LogP contribution is 2.28. The summed E-state index contributed by atoms with van der Waals surface area (Å²) in [6, 6.07) is 2.65. The number of carbonyl (C=O) groups is 1. The number of ether oxygens (including phenoxy) is 1. The van der Waals surface area contributed by atoms with Crippen LogP contribution in [0.3, 0.4) is 0 Å². The van der Waals surface area contributed by atoms with Crippen molar-refractivity contribution < 1.29 is 18.3 Å². The number of hydrogen-bond donors (Lipinski definition) is 0. The number of Topliss-reactive ketones (excluding diaryl/α,β-unsaturated/α-hetero) is 1. The van der Waals surface area contributed by atoms with Crippen molar-refractivity contribution in [3.05, 3.63) is 23.4 Å². The number of fused-ring (bicyclic) bond motifs is 1. The van der Waals surface area contributed by atoms with E-state index in [0.29, 0.717) is 11.3 Å². The van der Waals surface area contributed by atoms with Crippen LogP contribution in [0.4, 0.5) is 8.78 Å². The summed E-state index contributed by atoms with van der Waals surface area (Å²) in [6.45, 7) is -2.92. The summed E-state index contributed by atoms with van der Waals surface area (Å²) < 4.78 is 27.9. The van der Waals surface area contributed by atoms with Crippen LogP contribution in [-0.2, 0) is 6.42 Å². The Kier molecular flexibility index (Phi) is 2.42. The molecule has 6 heteroatoms. The van der Waals surface area contributed by atoms with Crippen LogP contribution in [0.1, 0.15) is 16.1 Å². The first-order valence-corrected chi connectivity index (χ1v) is 4.32. The van der Waals surface area contributed by atoms with Gasteiger partial charge in [-0.2, -0.15) is 8.78 Å². The molecule has 1 aromatic rings. The first-order chi connectivity index (χ1) is 7.08. The van der Waals surface area contributed by atoms with Crippen molar-refractivity contribution in [1.82, 2.24) is 4.98 Å². The molecule has 1 heterocycles. The van der Waals surface area contributed by atoms with E-state index in [2.05, 4.69) is 9.72 Å². The standard InChI is InChI=1S/C9H6BF2NO2/c10-5-3-6-4(8(5)14)1-2-7(13-6)15-9(11)12/h1-2,5,9H,3H2/t5-/m1/s1. The van der Waals surface area contributed by atoms with Crippen molar-refractivity contribution in [2.24, 2.45) is 0 Å². The van der Waals surface area contributed by atoms with E-state index in [1.165, 1.54) is 12.1 Å². The first kappa shape index (κ1) is 10.1. The maximum Gasteiger partial charge on any atom is 0.388 e. The molecule has 2 rings (SSSR count). The SMILES string of the molecule is [B][C@@H]1Cc2nc(OC(F)F)ccc2C1=O. The van der Waals surface area contributed by atoms with E-state index in [4.69, 9.17) is 7.85 Å². The van der Waals surface area contributed by atoms with E-state index in [1.54, 1.807) is 0 Å². The molecule has 1 aromatic heterocycles. The number of halogens is 2. The quantitative estimate of drug-likeness (QED) is 0.690. The van der Waals surface area contributed by atoms with E-state index in [1.807, 2.05) is 0 Å². The molecule has 0 spiro atoms. The molecule has 0 amide bonds. The summed E-state index contributed by atoms with van der Waals surface area (Å²) in [4.78, 5) is 15.2. The van der Waals surface area contributed by atoms with Crippen molar-refractivity contribution in [2.45, 2.75) is 18.8 Å². The van der Waals surface area contributed by atoms with Gasteiger partial charge in [0.05, 0.1) is 13.5 Å². The van der Waals surface area contributed by atoms with Crippen LogP contribution in [0.15, 0.2) is 12.1 Å². The molecule has 1 atom stereocenters. The summed E-state index contributed by atoms with van der Waals surface area (Å²) in [5.74, 6) is -1.01. The van der Waals surface area contributed by atoms with Crippen molar-refractivity contribution in [1.29, 1.82) is 0 Å². The molecule has 0 aromatic carbocycles. The molecule has 1 aliphatic rings. The Bertz CT molecular complexity index is 411. The van der Waals surface area contributed by atoms with Gasteiger partial charge in [0, 0.05) is 11.6 Å². The fourth-order valence-electron chi connectivity index (χ4n) is 1.52. The van der Waals surface area contributed by atoms with Crippen molar-refractivity contribution in [2.75, 3.05) is 0 Å². The maximum absolute atomic E-state index is 11.9. The fourth-order valence-corrected chi connectivity index (χ4v) is 1.52. The fraction of sp³-hybridized carbons (Fsp3) is 0.333. The monoisotopic (exact) mass is 209 g/mol. The number of carbonyl (C=O) groups excluding carboxylic acids is 1. The summed E-state index contributed by atoms with van der Waals surface area (Å²) in [5, 5.41) is 0. The molecular formula is C9H6BF2NO2. The largest absolute Gasteiger partial charge is 0.417 e. The van der Waals surface area contributed by atoms with Gasteiger partial charge in [-0.15, -0.1) is 0 Å². The van der Waals surface area contributed by atoms with Gasteiger partial charge in [0.2, 0.25) is 5.88 Å². The predicted molar refractivity (Wildman–Crippen MR) is 48.4 cm³/mol. The van der Waals surface area contributed by atoms with Crippen molar-refractivity contribution in [3.63, 3.8) is 0 Å². The number of nitrogens with zero attached hydrogens (tertiary/aromatic N) is 1. The summed E-state index contributed by atoms with van der Waals surface area (Å²) in [7, 11) is 5.50. The van der Waals surface area contributed by atoms with E-state index in [0.717, 1.165) is 0 Å². The molecule has 0 bridgehead atoms. The molecule has 2 radical (unpaired) electrons. The summed E-state index contributed by atoms with van der Waals surface area (Å²) >= 11 is 0. The molecule has 0 unspecified atom stereocenters. The molecule has 0 fully saturated rings. The number of alkyl halides is 2. The maximum atomic E-state index is 11.9. The Balaban J connectivity index is 2.29. The minimum atomic E-state index is -2.92. The highest BCUT2D eigenvalue weighted by atomic mass is 19.3. The lowest BCUT2D eigenvalue weighted by atomic mass is 9.84. The van der Waals surface area contributed by atoms with Crippen molar-refractivity contribution >= 4 is 13.6 Å². The number of rotatable bonds is 2. The molecule has 76 valence electrons. The second-order valence-electron chi connectivity index (χ2n) is 3.20. The van der Waals surface area contributed by atoms with Gasteiger partial charge in [-0.1, -0.05) is 0 Å². The lowest BCUT2D eigenvalue weighted by Gasteiger charge is -2.04. The lowest BCUT2D eigenvalue weighted by Crippen LogP contribution is -2.05. The normalized spacial score (nSPS) is 19.4. The van der Waals surface area contributed by atoms with Crippen LogP contribution in [0.25, 0.3) is 0 Å². The molecule has 0 aliphatic heterocycles. The minimum absolute atomic E-state index is 0.189. The molecule has 0 N–H and O–H groups in total. The zero-order chi connectivity index (χ0) is 11.0. The average Bonchev–Trinajstić information content (AvgIpc) is 2.41. The first-order valence-electron chi connectivity index (χ1n) is 4.32. The molecular weight excluding hydrogens is 203 g/mol. The van der Waals surface area contributed by atoms with Crippen molar-refractivity contribution in [3.8, 4) is 5.88 Å². The molecule has 1 aliphatic carbocycles. The number of pyridine rings is 1. The summed E-state index contributed by atoms with van der Waals surface area (Å²) in [5.41, 5.74) is 0.815. The third-order valence-corrected chi connectivity index (χ3v) is 2.17. The van der Waals surface area contributed by atoms with E-state index < -0.39 is 12.4 Å². The molecule has 15 heavy (non-hydrogen) atoms. The van der Waals surface area contributed by atoms with E-state index in [-0.39, 0.29) is 18.1 Å². The van der Waals surface area contributed by atoms with Crippen LogP contribution in [-0.4, -0.2) is 25.2 Å². The Morgan fingerprint density at radius 1 is 1.53 bits per heavy atom. The second kappa shape index (κ2) is 3.60. The topological polar surface area (TPSA) is 39.2 Å². The Labute approximate surface area is 85.9 Å². The molecule has 0 saturated heterocycles. The van der Waals surface area contributed by atoms with Crippen LogP contribution in [0.2, 0.25) is 5.82 Å². The van der Waals surface area contributed by atoms with Gasteiger partial charge < -0.3 is 4.74 Å². The van der Waals surface area contributed by atoms with Gasteiger partial charge in [0.25, 0.3) is 0 Å². The molecule has 3 nitrogen and oxygen atoms in total. The zero-order valence-corrected chi connectivity index (χ0v) is 7.61. The number of hydrogen-bond acceptors (Lipinski definition) is 3. The van der Waals surface area contributed by atoms with Gasteiger partial charge >= 0.3 is 6.61 Å². The van der Waals surface area contributed by atoms with Gasteiger partial charge in [0.1, 0.15) is 0 Å². The third kappa shape index (κ3) is 1.84. The van der Waals surface area contributed by atoms with Crippen LogP contribution < -0.4 is 4.74 Å². The minimum Gasteiger partial charge on any atom is -0.417 e. The van der Waals surface area contributed by atoms with Gasteiger partial charge in [-0.3, -0.25) is 4.79 Å². The second-order valence-corrected chi connectivity index (χ2v) is 3.20. The molecule has 0 saturated carbocycles. The third-order valence-electron chi connectivity index (χ3n) is 2.17. The average molecular weight is 209 g/mol. The van der Waals surface area contributed by atoms with E-state index >= 15 is 0 Å². The Morgan fingerprint density at radius 2 is 2.27 bits per heavy atom. The van der Waals surface area contributed by atoms with E-state index in [9.17, 15) is 13.6 Å². The number of aromatic nitrogens is 1. The van der Waals surface area contributed by atoms with Crippen LogP contribution in [0, 0.1) is 0 Å². The highest BCUT2D eigenvalue weighted by molar-refractivity contribution is 6.29. The highest BCUT2D eigenvalue weighted by Gasteiger charge is 2.28. The van der Waals surface area contributed by atoms with Crippen LogP contribution >= 0.6 is 0 Å². The summed E-state index contributed by atoms with van der Waals surface area (Å²) in [6.07, 6.45) is 0.272. The Hall–Kier alpha value is -1.46. The van der Waals surface area contributed by atoms with Crippen LogP contribution in [0.5, 0.6) is 5.88 Å².